The fourth-order valence-electron chi connectivity index (χ4n) is 2.49. The van der Waals surface area contributed by atoms with Crippen LogP contribution in [0.25, 0.3) is 6.08 Å². The van der Waals surface area contributed by atoms with Crippen molar-refractivity contribution < 1.29 is 14.3 Å². The van der Waals surface area contributed by atoms with Crippen LogP contribution in [0.4, 0.5) is 5.69 Å². The number of thiocarbonyl (C=S) groups is 1. The highest BCUT2D eigenvalue weighted by Gasteiger charge is 2.34. The summed E-state index contributed by atoms with van der Waals surface area (Å²) in [6.45, 7) is 2.39. The number of anilines is 1. The number of nitrogens with zero attached hydrogens (tertiary/aromatic N) is 1. The van der Waals surface area contributed by atoms with E-state index >= 15 is 0 Å². The predicted octanol–water partition coefficient (Wildman–Crippen LogP) is 2.92. The molecule has 0 spiro atoms. The Morgan fingerprint density at radius 2 is 1.88 bits per heavy atom. The molecule has 0 unspecified atom stereocenters. The van der Waals surface area contributed by atoms with Crippen molar-refractivity contribution in [3.05, 3.63) is 65.7 Å². The average molecular weight is 352 g/mol. The Hall–Kier alpha value is -2.99. The Balaban J connectivity index is 1.98. The summed E-state index contributed by atoms with van der Waals surface area (Å²) in [5.74, 6) is -0.344. The second-order valence-electron chi connectivity index (χ2n) is 5.30. The molecule has 1 aliphatic heterocycles. The molecule has 2 amide bonds. The molecule has 3 rings (SSSR count). The topological polar surface area (TPSA) is 58.6 Å². The number of nitrogens with one attached hydrogen (secondary N) is 1. The molecule has 0 aromatic heterocycles. The number of benzene rings is 2. The summed E-state index contributed by atoms with van der Waals surface area (Å²) in [4.78, 5) is 26.4. The van der Waals surface area contributed by atoms with E-state index in [1.54, 1.807) is 30.3 Å². The van der Waals surface area contributed by atoms with Crippen LogP contribution < -0.4 is 15.0 Å². The van der Waals surface area contributed by atoms with Gasteiger partial charge in [0, 0.05) is 6.07 Å². The Labute approximate surface area is 150 Å². The second kappa shape index (κ2) is 7.27. The molecule has 2 aromatic rings. The maximum Gasteiger partial charge on any atom is 0.270 e. The number of carbonyl (C=O) groups excluding carboxylic acids is 2. The van der Waals surface area contributed by atoms with Crippen LogP contribution in [0.15, 0.2) is 60.2 Å². The van der Waals surface area contributed by atoms with E-state index in [4.69, 9.17) is 17.0 Å². The fourth-order valence-corrected chi connectivity index (χ4v) is 2.77. The van der Waals surface area contributed by atoms with Crippen LogP contribution in [0.5, 0.6) is 5.75 Å². The lowest BCUT2D eigenvalue weighted by Gasteiger charge is -2.29. The van der Waals surface area contributed by atoms with Crippen molar-refractivity contribution in [2.75, 3.05) is 11.5 Å². The fraction of sp³-hybridized carbons (Fsp3) is 0.105. The molecule has 1 N–H and O–H groups in total. The SMILES string of the molecule is CCOc1cccc(N2C(=O)/C(=C/c3ccccc3)C(=O)NC2=S)c1. The zero-order chi connectivity index (χ0) is 17.8. The molecule has 0 atom stereocenters. The minimum absolute atomic E-state index is 0.0293. The first kappa shape index (κ1) is 16.9. The van der Waals surface area contributed by atoms with E-state index in [0.29, 0.717) is 18.0 Å². The standard InChI is InChI=1S/C19H16N2O3S/c1-2-24-15-10-6-9-14(12-15)21-18(23)16(17(22)20-19(21)25)11-13-7-4-3-5-8-13/h3-12H,2H2,1H3,(H,20,22,25)/b16-11+. The smallest absolute Gasteiger partial charge is 0.270 e. The average Bonchev–Trinajstić information content (AvgIpc) is 2.60. The summed E-state index contributed by atoms with van der Waals surface area (Å²) < 4.78 is 5.47. The van der Waals surface area contributed by atoms with Crippen LogP contribution in [0, 0.1) is 0 Å². The van der Waals surface area contributed by atoms with Gasteiger partial charge in [-0.05, 0) is 42.9 Å². The van der Waals surface area contributed by atoms with E-state index in [2.05, 4.69) is 5.32 Å². The van der Waals surface area contributed by atoms with Crippen molar-refractivity contribution in [1.82, 2.24) is 5.32 Å². The summed E-state index contributed by atoms with van der Waals surface area (Å²) in [7, 11) is 0. The Morgan fingerprint density at radius 1 is 1.12 bits per heavy atom. The Kier molecular flexibility index (Phi) is 4.90. The largest absolute Gasteiger partial charge is 0.494 e. The zero-order valence-corrected chi connectivity index (χ0v) is 14.4. The van der Waals surface area contributed by atoms with Gasteiger partial charge in [-0.15, -0.1) is 0 Å². The van der Waals surface area contributed by atoms with Gasteiger partial charge in [0.2, 0.25) is 0 Å². The molecule has 1 aliphatic rings. The predicted molar refractivity (Wildman–Crippen MR) is 100 cm³/mol. The highest BCUT2D eigenvalue weighted by Crippen LogP contribution is 2.25. The van der Waals surface area contributed by atoms with Gasteiger partial charge in [0.05, 0.1) is 12.3 Å². The Bertz CT molecular complexity index is 862. The van der Waals surface area contributed by atoms with Gasteiger partial charge in [-0.2, -0.15) is 0 Å². The van der Waals surface area contributed by atoms with Crippen molar-refractivity contribution in [2.45, 2.75) is 6.92 Å². The van der Waals surface area contributed by atoms with Gasteiger partial charge < -0.3 is 4.74 Å². The Morgan fingerprint density at radius 3 is 2.60 bits per heavy atom. The van der Waals surface area contributed by atoms with Crippen LogP contribution >= 0.6 is 12.2 Å². The number of carbonyl (C=O) groups is 2. The second-order valence-corrected chi connectivity index (χ2v) is 5.69. The number of amides is 2. The van der Waals surface area contributed by atoms with Gasteiger partial charge >= 0.3 is 0 Å². The lowest BCUT2D eigenvalue weighted by atomic mass is 10.1. The van der Waals surface area contributed by atoms with Crippen molar-refractivity contribution in [1.29, 1.82) is 0 Å². The molecule has 126 valence electrons. The molecular weight excluding hydrogens is 336 g/mol. The number of hydrogen-bond donors (Lipinski definition) is 1. The number of rotatable bonds is 4. The van der Waals surface area contributed by atoms with Crippen molar-refractivity contribution >= 4 is 40.9 Å². The summed E-state index contributed by atoms with van der Waals surface area (Å²) in [5.41, 5.74) is 1.33. The maximum atomic E-state index is 12.9. The third kappa shape index (κ3) is 3.59. The van der Waals surface area contributed by atoms with Gasteiger partial charge in [0.1, 0.15) is 11.3 Å². The van der Waals surface area contributed by atoms with Gasteiger partial charge in [-0.1, -0.05) is 36.4 Å². The molecule has 0 radical (unpaired) electrons. The van der Waals surface area contributed by atoms with E-state index in [1.807, 2.05) is 37.3 Å². The highest BCUT2D eigenvalue weighted by molar-refractivity contribution is 7.80. The third-order valence-electron chi connectivity index (χ3n) is 3.60. The molecule has 1 saturated heterocycles. The molecule has 2 aromatic carbocycles. The molecule has 1 fully saturated rings. The number of hydrogen-bond acceptors (Lipinski definition) is 4. The van der Waals surface area contributed by atoms with Gasteiger partial charge in [0.15, 0.2) is 5.11 Å². The van der Waals surface area contributed by atoms with Gasteiger partial charge in [0.25, 0.3) is 11.8 Å². The molecule has 0 saturated carbocycles. The third-order valence-corrected chi connectivity index (χ3v) is 3.88. The molecule has 0 aliphatic carbocycles. The number of ether oxygens (including phenoxy) is 1. The van der Waals surface area contributed by atoms with Gasteiger partial charge in [-0.25, -0.2) is 0 Å². The van der Waals surface area contributed by atoms with E-state index < -0.39 is 11.8 Å². The highest BCUT2D eigenvalue weighted by atomic mass is 32.1. The maximum absolute atomic E-state index is 12.9. The monoisotopic (exact) mass is 352 g/mol. The quantitative estimate of drug-likeness (QED) is 0.522. The normalized spacial score (nSPS) is 16.1. The van der Waals surface area contributed by atoms with Crippen molar-refractivity contribution in [3.63, 3.8) is 0 Å². The van der Waals surface area contributed by atoms with Crippen LogP contribution in [-0.2, 0) is 9.59 Å². The first-order valence-corrected chi connectivity index (χ1v) is 8.20. The summed E-state index contributed by atoms with van der Waals surface area (Å²) in [5, 5.41) is 2.62. The zero-order valence-electron chi connectivity index (χ0n) is 13.6. The van der Waals surface area contributed by atoms with Crippen LogP contribution in [0.2, 0.25) is 0 Å². The van der Waals surface area contributed by atoms with Crippen molar-refractivity contribution in [2.24, 2.45) is 0 Å². The molecule has 1 heterocycles. The first-order chi connectivity index (χ1) is 12.1. The van der Waals surface area contributed by atoms with Gasteiger partial charge in [-0.3, -0.25) is 19.8 Å². The summed E-state index contributed by atoms with van der Waals surface area (Å²) in [6.07, 6.45) is 1.55. The lowest BCUT2D eigenvalue weighted by Crippen LogP contribution is -2.54. The minimum Gasteiger partial charge on any atom is -0.494 e. The van der Waals surface area contributed by atoms with E-state index in [-0.39, 0.29) is 10.7 Å². The van der Waals surface area contributed by atoms with Crippen molar-refractivity contribution in [3.8, 4) is 5.75 Å². The van der Waals surface area contributed by atoms with Crippen LogP contribution in [0.3, 0.4) is 0 Å². The lowest BCUT2D eigenvalue weighted by molar-refractivity contribution is -0.122. The molecule has 6 heteroatoms. The van der Waals surface area contributed by atoms with E-state index in [0.717, 1.165) is 5.56 Å². The molecule has 5 nitrogen and oxygen atoms in total. The summed E-state index contributed by atoms with van der Waals surface area (Å²) in [6, 6.07) is 16.2. The van der Waals surface area contributed by atoms with Crippen LogP contribution in [-0.4, -0.2) is 23.5 Å². The molecule has 0 bridgehead atoms. The van der Waals surface area contributed by atoms with Crippen LogP contribution in [0.1, 0.15) is 12.5 Å². The molecule has 25 heavy (non-hydrogen) atoms. The van der Waals surface area contributed by atoms with E-state index in [9.17, 15) is 9.59 Å². The molecular formula is C19H16N2O3S. The summed E-state index contributed by atoms with van der Waals surface area (Å²) >= 11 is 5.19. The minimum atomic E-state index is -0.504. The van der Waals surface area contributed by atoms with E-state index in [1.165, 1.54) is 4.90 Å². The first-order valence-electron chi connectivity index (χ1n) is 7.79.